The zero-order valence-corrected chi connectivity index (χ0v) is 11.0. The number of nitrogens with zero attached hydrogens (tertiary/aromatic N) is 2. The Kier molecular flexibility index (Phi) is 3.99. The first kappa shape index (κ1) is 12.6. The lowest BCUT2D eigenvalue weighted by Crippen LogP contribution is -1.99. The van der Waals surface area contributed by atoms with Crippen molar-refractivity contribution in [1.29, 1.82) is 0 Å². The molecule has 0 unspecified atom stereocenters. The lowest BCUT2D eigenvalue weighted by Gasteiger charge is -2.10. The largest absolute Gasteiger partial charge is 0.490 e. The number of benzene rings is 1. The van der Waals surface area contributed by atoms with Gasteiger partial charge >= 0.3 is 0 Å². The average Bonchev–Trinajstić information content (AvgIpc) is 2.40. The monoisotopic (exact) mass is 263 g/mol. The smallest absolute Gasteiger partial charge is 0.199 e. The Morgan fingerprint density at radius 2 is 1.94 bits per heavy atom. The molecule has 0 aliphatic heterocycles. The van der Waals surface area contributed by atoms with Crippen LogP contribution in [0.2, 0.25) is 5.15 Å². The van der Waals surface area contributed by atoms with Gasteiger partial charge in [0.2, 0.25) is 0 Å². The summed E-state index contributed by atoms with van der Waals surface area (Å²) < 4.78 is 5.17. The zero-order chi connectivity index (χ0) is 13.0. The first-order valence-electron chi connectivity index (χ1n) is 5.65. The van der Waals surface area contributed by atoms with Crippen LogP contribution in [0.15, 0.2) is 30.6 Å². The summed E-state index contributed by atoms with van der Waals surface area (Å²) in [5, 5.41) is 3.45. The molecule has 2 rings (SSSR count). The number of ether oxygens (including phenoxy) is 1. The van der Waals surface area contributed by atoms with E-state index in [0.717, 1.165) is 12.1 Å². The van der Waals surface area contributed by atoms with E-state index in [1.807, 2.05) is 12.1 Å². The summed E-state index contributed by atoms with van der Waals surface area (Å²) in [5.41, 5.74) is 2.22. The molecule has 0 atom stereocenters. The molecule has 18 heavy (non-hydrogen) atoms. The number of aryl methyl sites for hydroxylation is 1. The van der Waals surface area contributed by atoms with E-state index < -0.39 is 0 Å². The fourth-order valence-electron chi connectivity index (χ4n) is 1.58. The van der Waals surface area contributed by atoms with Crippen molar-refractivity contribution in [2.24, 2.45) is 0 Å². The van der Waals surface area contributed by atoms with E-state index in [9.17, 15) is 0 Å². The minimum absolute atomic E-state index is 0.292. The molecular weight excluding hydrogens is 250 g/mol. The summed E-state index contributed by atoms with van der Waals surface area (Å²) in [4.78, 5) is 7.99. The minimum Gasteiger partial charge on any atom is -0.490 e. The molecule has 5 heteroatoms. The Morgan fingerprint density at radius 3 is 2.56 bits per heavy atom. The number of aromatic nitrogens is 2. The molecule has 0 amide bonds. The van der Waals surface area contributed by atoms with Gasteiger partial charge < -0.3 is 10.1 Å². The van der Waals surface area contributed by atoms with Crippen molar-refractivity contribution in [3.63, 3.8) is 0 Å². The molecule has 1 heterocycles. The average molecular weight is 264 g/mol. The van der Waals surface area contributed by atoms with E-state index >= 15 is 0 Å². The fourth-order valence-corrected chi connectivity index (χ4v) is 1.79. The quantitative estimate of drug-likeness (QED) is 0.859. The van der Waals surface area contributed by atoms with Crippen molar-refractivity contribution in [3.8, 4) is 5.75 Å². The predicted octanol–water partition coefficient (Wildman–Crippen LogP) is 3.44. The van der Waals surface area contributed by atoms with E-state index in [2.05, 4.69) is 34.3 Å². The Bertz CT molecular complexity index is 528. The molecule has 94 valence electrons. The van der Waals surface area contributed by atoms with Crippen molar-refractivity contribution in [2.45, 2.75) is 13.3 Å². The molecule has 4 nitrogen and oxygen atoms in total. The third kappa shape index (κ3) is 2.71. The maximum Gasteiger partial charge on any atom is 0.199 e. The Labute approximate surface area is 111 Å². The van der Waals surface area contributed by atoms with Crippen molar-refractivity contribution < 1.29 is 4.74 Å². The highest BCUT2D eigenvalue weighted by atomic mass is 35.5. The van der Waals surface area contributed by atoms with Crippen LogP contribution in [-0.2, 0) is 6.42 Å². The molecule has 0 bridgehead atoms. The predicted molar refractivity (Wildman–Crippen MR) is 72.7 cm³/mol. The molecule has 0 fully saturated rings. The molecule has 1 N–H and O–H groups in total. The van der Waals surface area contributed by atoms with Gasteiger partial charge in [-0.1, -0.05) is 30.7 Å². The van der Waals surface area contributed by atoms with Crippen LogP contribution in [0.5, 0.6) is 5.75 Å². The third-order valence-corrected chi connectivity index (χ3v) is 2.86. The second kappa shape index (κ2) is 5.69. The summed E-state index contributed by atoms with van der Waals surface area (Å²) in [6, 6.07) is 8.12. The number of hydrogen-bond donors (Lipinski definition) is 1. The lowest BCUT2D eigenvalue weighted by molar-refractivity contribution is 0.413. The SMILES string of the molecule is CCc1ccc(Nc2ncnc(Cl)c2OC)cc1. The summed E-state index contributed by atoms with van der Waals surface area (Å²) in [6.07, 6.45) is 2.41. The van der Waals surface area contributed by atoms with Gasteiger partial charge in [-0.15, -0.1) is 0 Å². The van der Waals surface area contributed by atoms with Gasteiger partial charge in [-0.2, -0.15) is 0 Å². The Balaban J connectivity index is 2.25. The molecule has 0 aliphatic carbocycles. The van der Waals surface area contributed by atoms with Crippen LogP contribution in [0.4, 0.5) is 11.5 Å². The van der Waals surface area contributed by atoms with Gasteiger partial charge in [-0.25, -0.2) is 9.97 Å². The normalized spacial score (nSPS) is 10.2. The van der Waals surface area contributed by atoms with Gasteiger partial charge in [-0.05, 0) is 24.1 Å². The highest BCUT2D eigenvalue weighted by molar-refractivity contribution is 6.31. The maximum absolute atomic E-state index is 5.93. The number of nitrogens with one attached hydrogen (secondary N) is 1. The van der Waals surface area contributed by atoms with Crippen LogP contribution >= 0.6 is 11.6 Å². The van der Waals surface area contributed by atoms with E-state index in [1.54, 1.807) is 0 Å². The number of anilines is 2. The lowest BCUT2D eigenvalue weighted by atomic mass is 10.1. The summed E-state index contributed by atoms with van der Waals surface area (Å²) in [6.45, 7) is 2.12. The molecule has 0 aliphatic rings. The van der Waals surface area contributed by atoms with E-state index in [4.69, 9.17) is 16.3 Å². The first-order chi connectivity index (χ1) is 8.74. The Morgan fingerprint density at radius 1 is 1.22 bits per heavy atom. The maximum atomic E-state index is 5.93. The zero-order valence-electron chi connectivity index (χ0n) is 10.3. The number of hydrogen-bond acceptors (Lipinski definition) is 4. The minimum atomic E-state index is 0.292. The van der Waals surface area contributed by atoms with Crippen molar-refractivity contribution in [2.75, 3.05) is 12.4 Å². The van der Waals surface area contributed by atoms with Crippen LogP contribution < -0.4 is 10.1 Å². The summed E-state index contributed by atoms with van der Waals surface area (Å²) in [5.74, 6) is 1.00. The van der Waals surface area contributed by atoms with Crippen LogP contribution in [0.1, 0.15) is 12.5 Å². The van der Waals surface area contributed by atoms with Gasteiger partial charge in [0.1, 0.15) is 6.33 Å². The van der Waals surface area contributed by atoms with Crippen molar-refractivity contribution in [1.82, 2.24) is 9.97 Å². The molecule has 1 aromatic carbocycles. The van der Waals surface area contributed by atoms with Crippen LogP contribution in [0, 0.1) is 0 Å². The van der Waals surface area contributed by atoms with Crippen molar-refractivity contribution in [3.05, 3.63) is 41.3 Å². The van der Waals surface area contributed by atoms with Gasteiger partial charge in [0.05, 0.1) is 7.11 Å². The first-order valence-corrected chi connectivity index (χ1v) is 6.02. The van der Waals surface area contributed by atoms with Gasteiger partial charge in [0.15, 0.2) is 16.7 Å². The van der Waals surface area contributed by atoms with E-state index in [0.29, 0.717) is 16.7 Å². The highest BCUT2D eigenvalue weighted by Crippen LogP contribution is 2.30. The second-order valence-corrected chi connectivity index (χ2v) is 4.08. The molecule has 0 spiro atoms. The third-order valence-electron chi connectivity index (χ3n) is 2.59. The van der Waals surface area contributed by atoms with E-state index in [1.165, 1.54) is 19.0 Å². The standard InChI is InChI=1S/C13H14ClN3O/c1-3-9-4-6-10(7-5-9)17-13-11(18-2)12(14)15-8-16-13/h4-8H,3H2,1-2H3,(H,15,16,17). The van der Waals surface area contributed by atoms with E-state index in [-0.39, 0.29) is 0 Å². The van der Waals surface area contributed by atoms with Crippen LogP contribution in [0.25, 0.3) is 0 Å². The highest BCUT2D eigenvalue weighted by Gasteiger charge is 2.10. The number of methoxy groups -OCH3 is 1. The molecular formula is C13H14ClN3O. The topological polar surface area (TPSA) is 47.0 Å². The summed E-state index contributed by atoms with van der Waals surface area (Å²) >= 11 is 5.93. The summed E-state index contributed by atoms with van der Waals surface area (Å²) in [7, 11) is 1.54. The van der Waals surface area contributed by atoms with Gasteiger partial charge in [0.25, 0.3) is 0 Å². The number of halogens is 1. The fraction of sp³-hybridized carbons (Fsp3) is 0.231. The molecule has 1 aromatic heterocycles. The molecule has 0 radical (unpaired) electrons. The molecule has 0 saturated heterocycles. The molecule has 2 aromatic rings. The van der Waals surface area contributed by atoms with Gasteiger partial charge in [-0.3, -0.25) is 0 Å². The second-order valence-electron chi connectivity index (χ2n) is 3.72. The van der Waals surface area contributed by atoms with Crippen molar-refractivity contribution >= 4 is 23.1 Å². The number of rotatable bonds is 4. The van der Waals surface area contributed by atoms with Crippen LogP contribution in [-0.4, -0.2) is 17.1 Å². The molecule has 0 saturated carbocycles. The van der Waals surface area contributed by atoms with Gasteiger partial charge in [0, 0.05) is 5.69 Å². The Hall–Kier alpha value is -1.81. The van der Waals surface area contributed by atoms with Crippen LogP contribution in [0.3, 0.4) is 0 Å².